The summed E-state index contributed by atoms with van der Waals surface area (Å²) in [5.41, 5.74) is 5.16. The van der Waals surface area contributed by atoms with Crippen molar-refractivity contribution in [3.63, 3.8) is 0 Å². The predicted molar refractivity (Wildman–Crippen MR) is 45.5 cm³/mol. The molecule has 0 atom stereocenters. The molecule has 1 aromatic rings. The molecule has 14 heavy (non-hydrogen) atoms. The molecule has 0 aromatic heterocycles. The topological polar surface area (TPSA) is 35.2 Å². The van der Waals surface area contributed by atoms with Gasteiger partial charge in [-0.25, -0.2) is 8.78 Å². The largest absolute Gasteiger partial charge is 0.487 e. The number of benzene rings is 1. The third-order valence-corrected chi connectivity index (χ3v) is 1.60. The van der Waals surface area contributed by atoms with E-state index in [1.807, 2.05) is 0 Å². The van der Waals surface area contributed by atoms with Gasteiger partial charge in [0.05, 0.1) is 6.61 Å². The van der Waals surface area contributed by atoms with E-state index in [0.717, 1.165) is 6.07 Å². The fourth-order valence-electron chi connectivity index (χ4n) is 0.898. The Morgan fingerprint density at radius 1 is 1.14 bits per heavy atom. The van der Waals surface area contributed by atoms with Crippen LogP contribution < -0.4 is 10.5 Å². The van der Waals surface area contributed by atoms with Gasteiger partial charge in [-0.15, -0.1) is 0 Å². The molecule has 0 saturated carbocycles. The van der Waals surface area contributed by atoms with E-state index in [4.69, 9.17) is 10.5 Å². The van der Waals surface area contributed by atoms with Crippen LogP contribution in [0.2, 0.25) is 0 Å². The van der Waals surface area contributed by atoms with Crippen LogP contribution in [0.3, 0.4) is 0 Å². The van der Waals surface area contributed by atoms with Gasteiger partial charge in [0.2, 0.25) is 5.82 Å². The van der Waals surface area contributed by atoms with Crippen molar-refractivity contribution in [2.24, 2.45) is 5.73 Å². The minimum Gasteiger partial charge on any atom is -0.487 e. The van der Waals surface area contributed by atoms with E-state index in [1.54, 1.807) is 0 Å². The molecule has 0 heterocycles. The first-order chi connectivity index (χ1) is 6.66. The van der Waals surface area contributed by atoms with Crippen molar-refractivity contribution in [2.75, 3.05) is 13.2 Å². The lowest BCUT2D eigenvalue weighted by atomic mass is 10.3. The fourth-order valence-corrected chi connectivity index (χ4v) is 0.898. The van der Waals surface area contributed by atoms with Crippen LogP contribution in [0.15, 0.2) is 12.1 Å². The summed E-state index contributed by atoms with van der Waals surface area (Å²) in [5.74, 6) is -4.03. The van der Waals surface area contributed by atoms with Gasteiger partial charge in [-0.2, -0.15) is 4.39 Å². The van der Waals surface area contributed by atoms with Gasteiger partial charge in [0, 0.05) is 0 Å². The van der Waals surface area contributed by atoms with Gasteiger partial charge in [0.25, 0.3) is 0 Å². The second-order valence-electron chi connectivity index (χ2n) is 2.66. The lowest BCUT2D eigenvalue weighted by Crippen LogP contribution is -2.08. The van der Waals surface area contributed by atoms with Gasteiger partial charge in [-0.05, 0) is 25.1 Å². The SMILES string of the molecule is NCCCOc1c(F)ccc(F)c1F. The minimum absolute atomic E-state index is 0.0633. The maximum absolute atomic E-state index is 12.9. The monoisotopic (exact) mass is 205 g/mol. The Kier molecular flexibility index (Phi) is 3.76. The molecule has 0 amide bonds. The Morgan fingerprint density at radius 3 is 2.43 bits per heavy atom. The highest BCUT2D eigenvalue weighted by atomic mass is 19.2. The number of rotatable bonds is 4. The molecule has 0 fully saturated rings. The smallest absolute Gasteiger partial charge is 0.203 e. The van der Waals surface area contributed by atoms with Crippen molar-refractivity contribution in [1.29, 1.82) is 0 Å². The molecule has 5 heteroatoms. The highest BCUT2D eigenvalue weighted by Gasteiger charge is 2.14. The molecule has 0 radical (unpaired) electrons. The molecule has 0 aliphatic rings. The van der Waals surface area contributed by atoms with Crippen molar-refractivity contribution in [2.45, 2.75) is 6.42 Å². The summed E-state index contributed by atoms with van der Waals surface area (Å²) in [7, 11) is 0. The normalized spacial score (nSPS) is 10.3. The van der Waals surface area contributed by atoms with Crippen molar-refractivity contribution in [3.8, 4) is 5.75 Å². The summed E-state index contributed by atoms with van der Waals surface area (Å²) in [6.07, 6.45) is 0.454. The Labute approximate surface area is 79.5 Å². The Morgan fingerprint density at radius 2 is 1.79 bits per heavy atom. The molecule has 2 N–H and O–H groups in total. The van der Waals surface area contributed by atoms with Gasteiger partial charge in [0.1, 0.15) is 0 Å². The third kappa shape index (κ3) is 2.38. The molecule has 2 nitrogen and oxygen atoms in total. The maximum atomic E-state index is 12.9. The first kappa shape index (κ1) is 10.8. The van der Waals surface area contributed by atoms with Gasteiger partial charge in [0.15, 0.2) is 17.4 Å². The highest BCUT2D eigenvalue weighted by Crippen LogP contribution is 2.23. The van der Waals surface area contributed by atoms with Crippen LogP contribution in [0.4, 0.5) is 13.2 Å². The second kappa shape index (κ2) is 4.85. The zero-order valence-electron chi connectivity index (χ0n) is 7.40. The second-order valence-corrected chi connectivity index (χ2v) is 2.66. The highest BCUT2D eigenvalue weighted by molar-refractivity contribution is 5.27. The Balaban J connectivity index is 2.79. The van der Waals surface area contributed by atoms with E-state index in [-0.39, 0.29) is 6.61 Å². The average molecular weight is 205 g/mol. The summed E-state index contributed by atoms with van der Waals surface area (Å²) in [5, 5.41) is 0. The van der Waals surface area contributed by atoms with Crippen LogP contribution >= 0.6 is 0 Å². The number of hydrogen-bond donors (Lipinski definition) is 1. The molecule has 0 unspecified atom stereocenters. The quantitative estimate of drug-likeness (QED) is 0.601. The van der Waals surface area contributed by atoms with E-state index < -0.39 is 23.2 Å². The maximum Gasteiger partial charge on any atom is 0.203 e. The van der Waals surface area contributed by atoms with Gasteiger partial charge in [-0.1, -0.05) is 0 Å². The van der Waals surface area contributed by atoms with Crippen molar-refractivity contribution in [1.82, 2.24) is 0 Å². The van der Waals surface area contributed by atoms with Crippen LogP contribution in [0.5, 0.6) is 5.75 Å². The third-order valence-electron chi connectivity index (χ3n) is 1.60. The predicted octanol–water partition coefficient (Wildman–Crippen LogP) is 1.83. The molecule has 0 saturated heterocycles. The summed E-state index contributed by atoms with van der Waals surface area (Å²) in [6.45, 7) is 0.409. The molecule has 1 aromatic carbocycles. The van der Waals surface area contributed by atoms with Gasteiger partial charge in [-0.3, -0.25) is 0 Å². The minimum atomic E-state index is -1.30. The molecule has 0 spiro atoms. The lowest BCUT2D eigenvalue weighted by Gasteiger charge is -2.07. The van der Waals surface area contributed by atoms with Crippen LogP contribution in [0.1, 0.15) is 6.42 Å². The van der Waals surface area contributed by atoms with E-state index in [9.17, 15) is 13.2 Å². The van der Waals surface area contributed by atoms with Crippen molar-refractivity contribution < 1.29 is 17.9 Å². The zero-order valence-corrected chi connectivity index (χ0v) is 7.40. The molecular formula is C9H10F3NO. The van der Waals surface area contributed by atoms with Gasteiger partial charge < -0.3 is 10.5 Å². The van der Waals surface area contributed by atoms with Crippen molar-refractivity contribution in [3.05, 3.63) is 29.6 Å². The molecule has 0 bridgehead atoms. The van der Waals surface area contributed by atoms with E-state index in [2.05, 4.69) is 0 Å². The summed E-state index contributed by atoms with van der Waals surface area (Å²) in [4.78, 5) is 0. The fraction of sp³-hybridized carbons (Fsp3) is 0.333. The zero-order chi connectivity index (χ0) is 10.6. The van der Waals surface area contributed by atoms with Crippen molar-refractivity contribution >= 4 is 0 Å². The molecule has 0 aliphatic heterocycles. The summed E-state index contributed by atoms with van der Waals surface area (Å²) < 4.78 is 43.2. The van der Waals surface area contributed by atoms with E-state index in [0.29, 0.717) is 19.0 Å². The van der Waals surface area contributed by atoms with Crippen LogP contribution in [-0.4, -0.2) is 13.2 Å². The summed E-state index contributed by atoms with van der Waals surface area (Å²) >= 11 is 0. The lowest BCUT2D eigenvalue weighted by molar-refractivity contribution is 0.276. The van der Waals surface area contributed by atoms with E-state index in [1.165, 1.54) is 0 Å². The number of nitrogens with two attached hydrogens (primary N) is 1. The molecule has 0 aliphatic carbocycles. The Hall–Kier alpha value is -1.23. The number of halogens is 3. The van der Waals surface area contributed by atoms with Crippen LogP contribution in [-0.2, 0) is 0 Å². The number of hydrogen-bond acceptors (Lipinski definition) is 2. The first-order valence-corrected chi connectivity index (χ1v) is 4.13. The summed E-state index contributed by atoms with van der Waals surface area (Å²) in [6, 6.07) is 1.52. The molecule has 1 rings (SSSR count). The van der Waals surface area contributed by atoms with Gasteiger partial charge >= 0.3 is 0 Å². The molecular weight excluding hydrogens is 195 g/mol. The van der Waals surface area contributed by atoms with E-state index >= 15 is 0 Å². The average Bonchev–Trinajstić information content (AvgIpc) is 2.18. The van der Waals surface area contributed by atoms with Crippen LogP contribution in [0, 0.1) is 17.5 Å². The molecule has 78 valence electrons. The van der Waals surface area contributed by atoms with Crippen LogP contribution in [0.25, 0.3) is 0 Å². The standard InChI is InChI=1S/C9H10F3NO/c10-6-2-3-7(11)9(8(6)12)14-5-1-4-13/h2-3H,1,4-5,13H2. The first-order valence-electron chi connectivity index (χ1n) is 4.13. The Bertz CT molecular complexity index is 317. The number of ether oxygens (including phenoxy) is 1.